The third kappa shape index (κ3) is 7.30. The van der Waals surface area contributed by atoms with E-state index >= 15 is 0 Å². The van der Waals surface area contributed by atoms with Crippen LogP contribution in [0.25, 0.3) is 0 Å². The molecular formula is C19H33N5O5. The van der Waals surface area contributed by atoms with Crippen molar-refractivity contribution < 1.29 is 24.0 Å². The molecule has 0 unspecified atom stereocenters. The predicted molar refractivity (Wildman–Crippen MR) is 108 cm³/mol. The molecule has 0 aliphatic carbocycles. The van der Waals surface area contributed by atoms with Crippen LogP contribution in [0.4, 0.5) is 10.5 Å². The van der Waals surface area contributed by atoms with Crippen LogP contribution in [0.2, 0.25) is 0 Å². The number of nitrogens with one attached hydrogen (secondary N) is 3. The van der Waals surface area contributed by atoms with E-state index in [-0.39, 0.29) is 31.1 Å². The quantitative estimate of drug-likeness (QED) is 0.442. The number of ether oxygens (including phenoxy) is 1. The van der Waals surface area contributed by atoms with E-state index in [0.29, 0.717) is 36.5 Å². The molecule has 4 N–H and O–H groups in total. The van der Waals surface area contributed by atoms with Crippen molar-refractivity contribution in [3.8, 4) is 0 Å². The molecule has 2 heterocycles. The number of hydrogen-bond donors (Lipinski definition) is 4. The Hall–Kier alpha value is -2.17. The molecule has 0 bridgehead atoms. The Morgan fingerprint density at radius 2 is 2.03 bits per heavy atom. The molecule has 0 aromatic carbocycles. The predicted octanol–water partition coefficient (Wildman–Crippen LogP) is 0.779. The minimum atomic E-state index is -0.564. The zero-order chi connectivity index (χ0) is 21.4. The Bertz CT molecular complexity index is 658. The number of anilines is 1. The lowest BCUT2D eigenvalue weighted by Crippen LogP contribution is -2.52. The summed E-state index contributed by atoms with van der Waals surface area (Å²) in [6, 6.07) is -0.761. The summed E-state index contributed by atoms with van der Waals surface area (Å²) >= 11 is 0. The maximum absolute atomic E-state index is 12.3. The third-order valence-corrected chi connectivity index (χ3v) is 4.90. The molecule has 10 nitrogen and oxygen atoms in total. The summed E-state index contributed by atoms with van der Waals surface area (Å²) in [5.41, 5.74) is 1.12. The lowest BCUT2D eigenvalue weighted by Gasteiger charge is -2.35. The molecule has 1 aliphatic rings. The van der Waals surface area contributed by atoms with E-state index in [1.54, 1.807) is 13.8 Å². The zero-order valence-electron chi connectivity index (χ0n) is 17.7. The summed E-state index contributed by atoms with van der Waals surface area (Å²) < 4.78 is 10.9. The highest BCUT2D eigenvalue weighted by atomic mass is 16.5. The van der Waals surface area contributed by atoms with Gasteiger partial charge in [-0.1, -0.05) is 5.16 Å². The molecular weight excluding hydrogens is 378 g/mol. The van der Waals surface area contributed by atoms with Crippen molar-refractivity contribution in [2.45, 2.75) is 57.8 Å². The van der Waals surface area contributed by atoms with Gasteiger partial charge in [-0.25, -0.2) is 4.79 Å². The normalized spacial score (nSPS) is 21.8. The van der Waals surface area contributed by atoms with Crippen molar-refractivity contribution in [3.63, 3.8) is 0 Å². The molecule has 10 heteroatoms. The molecule has 2 rings (SSSR count). The fourth-order valence-corrected chi connectivity index (χ4v) is 3.33. The summed E-state index contributed by atoms with van der Waals surface area (Å²) in [6.07, 6.45) is 1.53. The van der Waals surface area contributed by atoms with E-state index in [9.17, 15) is 14.7 Å². The first-order valence-corrected chi connectivity index (χ1v) is 9.98. The first-order chi connectivity index (χ1) is 13.8. The molecule has 1 fully saturated rings. The monoisotopic (exact) mass is 411 g/mol. The van der Waals surface area contributed by atoms with Gasteiger partial charge in [-0.2, -0.15) is 0 Å². The van der Waals surface area contributed by atoms with Gasteiger partial charge in [0, 0.05) is 6.54 Å². The Labute approximate surface area is 171 Å². The van der Waals surface area contributed by atoms with Gasteiger partial charge < -0.3 is 35.2 Å². The molecule has 0 radical (unpaired) electrons. The second kappa shape index (κ2) is 11.1. The van der Waals surface area contributed by atoms with Crippen molar-refractivity contribution in [3.05, 3.63) is 11.5 Å². The summed E-state index contributed by atoms with van der Waals surface area (Å²) in [6.45, 7) is 4.75. The lowest BCUT2D eigenvalue weighted by atomic mass is 9.97. The molecule has 0 saturated carbocycles. The number of hydrogen-bond acceptors (Lipinski definition) is 7. The largest absolute Gasteiger partial charge is 0.394 e. The van der Waals surface area contributed by atoms with Crippen molar-refractivity contribution >= 4 is 17.6 Å². The van der Waals surface area contributed by atoms with Crippen LogP contribution in [0.15, 0.2) is 4.52 Å². The van der Waals surface area contributed by atoms with E-state index in [2.05, 4.69) is 26.0 Å². The van der Waals surface area contributed by atoms with Gasteiger partial charge in [0.15, 0.2) is 5.76 Å². The molecule has 3 amide bonds. The Balaban J connectivity index is 1.77. The maximum Gasteiger partial charge on any atom is 0.319 e. The molecule has 3 atom stereocenters. The summed E-state index contributed by atoms with van der Waals surface area (Å²) in [7, 11) is 3.98. The number of aliphatic hydroxyl groups is 1. The first-order valence-electron chi connectivity index (χ1n) is 9.98. The summed E-state index contributed by atoms with van der Waals surface area (Å²) in [5.74, 6) is 0.459. The third-order valence-electron chi connectivity index (χ3n) is 4.90. The van der Waals surface area contributed by atoms with Crippen molar-refractivity contribution in [1.82, 2.24) is 20.7 Å². The van der Waals surface area contributed by atoms with Gasteiger partial charge in [0.05, 0.1) is 25.2 Å². The van der Waals surface area contributed by atoms with Crippen LogP contribution < -0.4 is 16.0 Å². The number of aryl methyl sites for hydroxylation is 2. The summed E-state index contributed by atoms with van der Waals surface area (Å²) in [5, 5.41) is 21.9. The molecule has 1 aromatic rings. The highest BCUT2D eigenvalue weighted by molar-refractivity contribution is 5.90. The fraction of sp³-hybridized carbons (Fsp3) is 0.737. The number of aromatic nitrogens is 1. The van der Waals surface area contributed by atoms with Gasteiger partial charge in [0.2, 0.25) is 5.91 Å². The average Bonchev–Trinajstić information content (AvgIpc) is 2.98. The number of rotatable bonds is 9. The van der Waals surface area contributed by atoms with Crippen molar-refractivity contribution in [2.75, 3.05) is 39.1 Å². The molecule has 1 aromatic heterocycles. The Morgan fingerprint density at radius 3 is 2.66 bits per heavy atom. The van der Waals surface area contributed by atoms with Gasteiger partial charge in [-0.05, 0) is 53.8 Å². The van der Waals surface area contributed by atoms with E-state index in [0.717, 1.165) is 13.0 Å². The molecule has 1 saturated heterocycles. The van der Waals surface area contributed by atoms with Gasteiger partial charge in [0.25, 0.3) is 0 Å². The van der Waals surface area contributed by atoms with Crippen LogP contribution >= 0.6 is 0 Å². The molecule has 164 valence electrons. The summed E-state index contributed by atoms with van der Waals surface area (Å²) in [4.78, 5) is 26.5. The average molecular weight is 412 g/mol. The lowest BCUT2D eigenvalue weighted by molar-refractivity contribution is -0.130. The molecule has 0 spiro atoms. The van der Waals surface area contributed by atoms with Gasteiger partial charge in [-0.15, -0.1) is 0 Å². The smallest absolute Gasteiger partial charge is 0.319 e. The van der Waals surface area contributed by atoms with Gasteiger partial charge in [-0.3, -0.25) is 4.79 Å². The van der Waals surface area contributed by atoms with E-state index < -0.39 is 12.1 Å². The molecule has 1 aliphatic heterocycles. The molecule has 29 heavy (non-hydrogen) atoms. The topological polar surface area (TPSA) is 129 Å². The standard InChI is InChI=1S/C19H33N5O5/c1-12-18(13(2)29-23-12)22-19(27)21-15-7-6-14(28-16(15)11-25)10-17(26)20-8-5-9-24(3)4/h14-16,25H,5-11H2,1-4H3,(H,20,26)(H2,21,22,27)/t14-,15+,16+/m0/s1. The van der Waals surface area contributed by atoms with Crippen LogP contribution in [0.3, 0.4) is 0 Å². The number of amides is 3. The zero-order valence-corrected chi connectivity index (χ0v) is 17.7. The van der Waals surface area contributed by atoms with Crippen LogP contribution in [-0.4, -0.2) is 79.1 Å². The van der Waals surface area contributed by atoms with Gasteiger partial charge >= 0.3 is 6.03 Å². The maximum atomic E-state index is 12.3. The van der Waals surface area contributed by atoms with Crippen LogP contribution in [-0.2, 0) is 9.53 Å². The fourth-order valence-electron chi connectivity index (χ4n) is 3.33. The van der Waals surface area contributed by atoms with Crippen molar-refractivity contribution in [1.29, 1.82) is 0 Å². The second-order valence-corrected chi connectivity index (χ2v) is 7.67. The number of aliphatic hydroxyl groups excluding tert-OH is 1. The Kier molecular flexibility index (Phi) is 8.87. The van der Waals surface area contributed by atoms with Crippen LogP contribution in [0.5, 0.6) is 0 Å². The number of carbonyl (C=O) groups is 2. The van der Waals surface area contributed by atoms with E-state index in [1.165, 1.54) is 0 Å². The van der Waals surface area contributed by atoms with Gasteiger partial charge in [0.1, 0.15) is 17.5 Å². The van der Waals surface area contributed by atoms with Crippen molar-refractivity contribution in [2.24, 2.45) is 0 Å². The Morgan fingerprint density at radius 1 is 1.28 bits per heavy atom. The van der Waals surface area contributed by atoms with E-state index in [4.69, 9.17) is 9.26 Å². The highest BCUT2D eigenvalue weighted by Gasteiger charge is 2.33. The highest BCUT2D eigenvalue weighted by Crippen LogP contribution is 2.23. The number of urea groups is 1. The minimum Gasteiger partial charge on any atom is -0.394 e. The number of carbonyl (C=O) groups excluding carboxylic acids is 2. The minimum absolute atomic E-state index is 0.0620. The number of nitrogens with zero attached hydrogens (tertiary/aromatic N) is 2. The van der Waals surface area contributed by atoms with E-state index in [1.807, 2.05) is 14.1 Å². The second-order valence-electron chi connectivity index (χ2n) is 7.67. The van der Waals surface area contributed by atoms with Crippen LogP contribution in [0.1, 0.15) is 37.1 Å². The SMILES string of the molecule is Cc1noc(C)c1NC(=O)N[C@@H]1CC[C@@H](CC(=O)NCCCN(C)C)O[C@@H]1CO. The first kappa shape index (κ1) is 23.1. The van der Waals surface area contributed by atoms with Crippen LogP contribution in [0, 0.1) is 13.8 Å².